The minimum absolute atomic E-state index is 0.0792. The van der Waals surface area contributed by atoms with Gasteiger partial charge in [0.15, 0.2) is 0 Å². The van der Waals surface area contributed by atoms with E-state index >= 15 is 0 Å². The average molecular weight is 400 g/mol. The van der Waals surface area contributed by atoms with Crippen molar-refractivity contribution in [3.63, 3.8) is 0 Å². The molecule has 1 unspecified atom stereocenters. The number of nitrogens with zero attached hydrogens (tertiary/aromatic N) is 2. The van der Waals surface area contributed by atoms with Gasteiger partial charge in [0.05, 0.1) is 11.7 Å². The van der Waals surface area contributed by atoms with E-state index in [9.17, 15) is 4.79 Å². The first-order valence-corrected chi connectivity index (χ1v) is 9.80. The Kier molecular flexibility index (Phi) is 4.22. The van der Waals surface area contributed by atoms with Crippen LogP contribution in [0.4, 0.5) is 5.69 Å². The molecule has 1 aliphatic rings. The molecule has 5 heteroatoms. The van der Waals surface area contributed by atoms with Crippen LogP contribution < -0.4 is 4.90 Å². The van der Waals surface area contributed by atoms with Crippen molar-refractivity contribution in [3.05, 3.63) is 106 Å². The maximum absolute atomic E-state index is 13.4. The third-order valence-corrected chi connectivity index (χ3v) is 5.57. The third kappa shape index (κ3) is 2.93. The minimum Gasteiger partial charge on any atom is -0.295 e. The number of hydrogen-bond acceptors (Lipinski definition) is 2. The number of hydrogen-bond donors (Lipinski definition) is 1. The van der Waals surface area contributed by atoms with Gasteiger partial charge in [0.1, 0.15) is 5.69 Å². The first kappa shape index (κ1) is 17.7. The Morgan fingerprint density at radius 1 is 0.931 bits per heavy atom. The Morgan fingerprint density at radius 3 is 2.31 bits per heavy atom. The van der Waals surface area contributed by atoms with Gasteiger partial charge in [0.2, 0.25) is 0 Å². The molecule has 0 spiro atoms. The van der Waals surface area contributed by atoms with Gasteiger partial charge in [-0.15, -0.1) is 0 Å². The highest BCUT2D eigenvalue weighted by atomic mass is 35.5. The van der Waals surface area contributed by atoms with Crippen molar-refractivity contribution < 1.29 is 4.79 Å². The van der Waals surface area contributed by atoms with E-state index < -0.39 is 0 Å². The summed E-state index contributed by atoms with van der Waals surface area (Å²) < 4.78 is 0. The number of aryl methyl sites for hydroxylation is 1. The van der Waals surface area contributed by atoms with Crippen LogP contribution in [0.3, 0.4) is 0 Å². The number of H-pyrrole nitrogens is 1. The predicted octanol–water partition coefficient (Wildman–Crippen LogP) is 5.79. The van der Waals surface area contributed by atoms with Crippen molar-refractivity contribution in [1.29, 1.82) is 0 Å². The highest BCUT2D eigenvalue weighted by molar-refractivity contribution is 6.30. The molecule has 1 atom stereocenters. The molecule has 2 heterocycles. The number of rotatable bonds is 3. The quantitative estimate of drug-likeness (QED) is 0.474. The van der Waals surface area contributed by atoms with Crippen molar-refractivity contribution in [3.8, 4) is 11.3 Å². The molecule has 4 aromatic rings. The van der Waals surface area contributed by atoms with E-state index in [2.05, 4.69) is 41.4 Å². The molecule has 1 N–H and O–H groups in total. The van der Waals surface area contributed by atoms with Crippen LogP contribution in [0.2, 0.25) is 5.02 Å². The van der Waals surface area contributed by atoms with Crippen LogP contribution in [-0.4, -0.2) is 16.1 Å². The second-order valence-corrected chi connectivity index (χ2v) is 7.63. The number of fused-ring (bicyclic) bond motifs is 1. The second-order valence-electron chi connectivity index (χ2n) is 7.19. The van der Waals surface area contributed by atoms with E-state index in [4.69, 9.17) is 11.6 Å². The molecule has 0 saturated carbocycles. The van der Waals surface area contributed by atoms with Crippen LogP contribution in [0, 0.1) is 6.92 Å². The molecule has 0 bridgehead atoms. The minimum atomic E-state index is -0.259. The van der Waals surface area contributed by atoms with E-state index in [0.717, 1.165) is 28.1 Å². The van der Waals surface area contributed by atoms with E-state index in [1.807, 2.05) is 59.5 Å². The van der Waals surface area contributed by atoms with Gasteiger partial charge in [-0.3, -0.25) is 14.8 Å². The average Bonchev–Trinajstić information content (AvgIpc) is 3.29. The fourth-order valence-electron chi connectivity index (χ4n) is 3.89. The van der Waals surface area contributed by atoms with Gasteiger partial charge in [0.25, 0.3) is 5.91 Å². The molecule has 5 rings (SSSR count). The number of nitrogens with one attached hydrogen (secondary N) is 1. The molecule has 1 amide bonds. The van der Waals surface area contributed by atoms with Crippen LogP contribution in [-0.2, 0) is 0 Å². The molecule has 0 aliphatic carbocycles. The summed E-state index contributed by atoms with van der Waals surface area (Å²) >= 11 is 6.07. The number of para-hydroxylation sites is 1. The molecule has 4 nitrogen and oxygen atoms in total. The summed E-state index contributed by atoms with van der Waals surface area (Å²) in [4.78, 5) is 15.2. The van der Waals surface area contributed by atoms with Crippen molar-refractivity contribution >= 4 is 23.2 Å². The number of aromatic nitrogens is 2. The van der Waals surface area contributed by atoms with E-state index in [1.54, 1.807) is 0 Å². The van der Waals surface area contributed by atoms with Crippen molar-refractivity contribution in [2.24, 2.45) is 0 Å². The zero-order valence-corrected chi connectivity index (χ0v) is 16.5. The normalized spacial score (nSPS) is 15.6. The summed E-state index contributed by atoms with van der Waals surface area (Å²) in [6, 6.07) is 25.3. The topological polar surface area (TPSA) is 49.0 Å². The van der Waals surface area contributed by atoms with E-state index in [1.165, 1.54) is 5.56 Å². The van der Waals surface area contributed by atoms with Crippen LogP contribution in [0.15, 0.2) is 78.9 Å². The van der Waals surface area contributed by atoms with E-state index in [0.29, 0.717) is 10.7 Å². The summed E-state index contributed by atoms with van der Waals surface area (Å²) in [5.74, 6) is -0.0792. The number of carbonyl (C=O) groups excluding carboxylic acids is 1. The van der Waals surface area contributed by atoms with Crippen molar-refractivity contribution in [2.45, 2.75) is 13.0 Å². The zero-order valence-electron chi connectivity index (χ0n) is 15.8. The number of carbonyl (C=O) groups is 1. The van der Waals surface area contributed by atoms with Gasteiger partial charge < -0.3 is 0 Å². The molecule has 142 valence electrons. The lowest BCUT2D eigenvalue weighted by Crippen LogP contribution is -2.29. The molecule has 0 fully saturated rings. The Bertz CT molecular complexity index is 1180. The Morgan fingerprint density at radius 2 is 1.62 bits per heavy atom. The molecule has 29 heavy (non-hydrogen) atoms. The lowest BCUT2D eigenvalue weighted by Gasteiger charge is -2.26. The molecule has 0 saturated heterocycles. The van der Waals surface area contributed by atoms with E-state index in [-0.39, 0.29) is 11.9 Å². The number of aromatic amines is 1. The summed E-state index contributed by atoms with van der Waals surface area (Å²) in [6.45, 7) is 2.06. The summed E-state index contributed by atoms with van der Waals surface area (Å²) in [5, 5.41) is 8.14. The molecule has 0 radical (unpaired) electrons. The van der Waals surface area contributed by atoms with Gasteiger partial charge in [-0.25, -0.2) is 0 Å². The molecule has 3 aromatic carbocycles. The number of anilines is 1. The largest absolute Gasteiger partial charge is 0.295 e. The van der Waals surface area contributed by atoms with Crippen LogP contribution in [0.5, 0.6) is 0 Å². The standard InChI is InChI=1S/C24H18ClN3O/c1-15-7-9-17(10-8-15)23-20-21(16-11-13-18(25)14-12-16)26-27-22(20)24(29)28(23)19-5-3-2-4-6-19/h2-14,23H,1H3,(H,26,27). The van der Waals surface area contributed by atoms with Crippen LogP contribution in [0.25, 0.3) is 11.3 Å². The second kappa shape index (κ2) is 6.90. The number of benzene rings is 3. The van der Waals surface area contributed by atoms with Gasteiger partial charge in [-0.1, -0.05) is 71.8 Å². The maximum Gasteiger partial charge on any atom is 0.277 e. The fraction of sp³-hybridized carbons (Fsp3) is 0.0833. The van der Waals surface area contributed by atoms with Gasteiger partial charge in [-0.05, 0) is 36.8 Å². The Hall–Kier alpha value is -3.37. The Balaban J connectivity index is 1.72. The maximum atomic E-state index is 13.4. The molecular weight excluding hydrogens is 382 g/mol. The highest BCUT2D eigenvalue weighted by Gasteiger charge is 2.42. The molecule has 1 aromatic heterocycles. The lowest BCUT2D eigenvalue weighted by atomic mass is 9.95. The highest BCUT2D eigenvalue weighted by Crippen LogP contribution is 2.45. The predicted molar refractivity (Wildman–Crippen MR) is 115 cm³/mol. The number of amides is 1. The SMILES string of the molecule is Cc1ccc(C2c3c(-c4ccc(Cl)cc4)n[nH]c3C(=O)N2c2ccccc2)cc1. The first-order valence-electron chi connectivity index (χ1n) is 9.43. The Labute approximate surface area is 173 Å². The van der Waals surface area contributed by atoms with Gasteiger partial charge >= 0.3 is 0 Å². The molecule has 1 aliphatic heterocycles. The third-order valence-electron chi connectivity index (χ3n) is 5.31. The molecular formula is C24H18ClN3O. The number of halogens is 1. The first-order chi connectivity index (χ1) is 14.1. The smallest absolute Gasteiger partial charge is 0.277 e. The fourth-order valence-corrected chi connectivity index (χ4v) is 4.02. The lowest BCUT2D eigenvalue weighted by molar-refractivity contribution is 0.0989. The monoisotopic (exact) mass is 399 g/mol. The summed E-state index contributed by atoms with van der Waals surface area (Å²) in [6.07, 6.45) is 0. The van der Waals surface area contributed by atoms with Crippen molar-refractivity contribution in [2.75, 3.05) is 4.90 Å². The van der Waals surface area contributed by atoms with Gasteiger partial charge in [-0.2, -0.15) is 5.10 Å². The van der Waals surface area contributed by atoms with Crippen LogP contribution >= 0.6 is 11.6 Å². The van der Waals surface area contributed by atoms with Gasteiger partial charge in [0, 0.05) is 21.8 Å². The zero-order chi connectivity index (χ0) is 20.0. The van der Waals surface area contributed by atoms with Crippen molar-refractivity contribution in [1.82, 2.24) is 10.2 Å². The summed E-state index contributed by atoms with van der Waals surface area (Å²) in [5.41, 5.74) is 6.20. The van der Waals surface area contributed by atoms with Crippen LogP contribution in [0.1, 0.15) is 33.2 Å². The summed E-state index contributed by atoms with van der Waals surface area (Å²) in [7, 11) is 0.